The maximum absolute atomic E-state index is 11.9. The van der Waals surface area contributed by atoms with Gasteiger partial charge in [-0.3, -0.25) is 4.79 Å². The zero-order chi connectivity index (χ0) is 14.3. The van der Waals surface area contributed by atoms with E-state index in [0.29, 0.717) is 25.3 Å². The molecule has 4 N–H and O–H groups in total. The van der Waals surface area contributed by atoms with Crippen molar-refractivity contribution in [2.75, 3.05) is 18.6 Å². The molecule has 0 unspecified atom stereocenters. The molecule has 0 aromatic carbocycles. The summed E-state index contributed by atoms with van der Waals surface area (Å²) in [6.07, 6.45) is 5.32. The Hall–Kier alpha value is -1.54. The third-order valence-electron chi connectivity index (χ3n) is 2.47. The zero-order valence-electron chi connectivity index (χ0n) is 10.7. The number of carbonyl (C=O) groups excluding carboxylic acids is 1. The number of hydrogen-bond donors (Lipinski definition) is 3. The summed E-state index contributed by atoms with van der Waals surface area (Å²) in [7, 11) is 0. The molecular weight excluding hydrogens is 268 g/mol. The molecule has 1 rings (SSSR count). The Bertz CT molecular complexity index is 435. The first-order valence-corrected chi connectivity index (χ1v) is 7.22. The van der Waals surface area contributed by atoms with Crippen LogP contribution in [0.2, 0.25) is 0 Å². The summed E-state index contributed by atoms with van der Waals surface area (Å²) in [5.74, 6) is -0.855. The van der Waals surface area contributed by atoms with Crippen molar-refractivity contribution in [2.45, 2.75) is 19.0 Å². The van der Waals surface area contributed by atoms with Crippen molar-refractivity contribution < 1.29 is 14.7 Å². The first kappa shape index (κ1) is 15.5. The number of thioether (sulfide) groups is 1. The minimum atomic E-state index is -1.04. The first-order chi connectivity index (χ1) is 9.08. The highest BCUT2D eigenvalue weighted by atomic mass is 32.2. The molecule has 1 atom stereocenters. The molecule has 1 amide bonds. The Labute approximate surface area is 115 Å². The van der Waals surface area contributed by atoms with Crippen molar-refractivity contribution in [3.63, 3.8) is 0 Å². The fourth-order valence-electron chi connectivity index (χ4n) is 1.47. The lowest BCUT2D eigenvalue weighted by molar-refractivity contribution is -0.139. The molecule has 1 aromatic heterocycles. The van der Waals surface area contributed by atoms with Crippen LogP contribution in [0.4, 0.5) is 0 Å². The molecule has 0 aliphatic heterocycles. The van der Waals surface area contributed by atoms with Crippen molar-refractivity contribution in [1.82, 2.24) is 14.9 Å². The van der Waals surface area contributed by atoms with Crippen LogP contribution in [0.1, 0.15) is 16.9 Å². The topological polar surface area (TPSA) is 110 Å². The van der Waals surface area contributed by atoms with Crippen molar-refractivity contribution in [3.05, 3.63) is 18.2 Å². The van der Waals surface area contributed by atoms with Crippen LogP contribution in [0.3, 0.4) is 0 Å². The third kappa shape index (κ3) is 4.92. The van der Waals surface area contributed by atoms with Crippen LogP contribution in [0, 0.1) is 0 Å². The van der Waals surface area contributed by atoms with Crippen LogP contribution in [0.5, 0.6) is 0 Å². The van der Waals surface area contributed by atoms with Gasteiger partial charge in [0.15, 0.2) is 0 Å². The molecule has 8 heteroatoms. The first-order valence-electron chi connectivity index (χ1n) is 5.83. The van der Waals surface area contributed by atoms with Crippen LogP contribution >= 0.6 is 11.8 Å². The summed E-state index contributed by atoms with van der Waals surface area (Å²) in [5.41, 5.74) is 5.59. The molecule has 0 aliphatic rings. The number of carbonyl (C=O) groups is 2. The van der Waals surface area contributed by atoms with Gasteiger partial charge in [-0.05, 0) is 18.4 Å². The number of nitrogens with two attached hydrogens (primary N) is 1. The lowest BCUT2D eigenvalue weighted by Crippen LogP contribution is -2.41. The quantitative estimate of drug-likeness (QED) is 0.609. The van der Waals surface area contributed by atoms with E-state index >= 15 is 0 Å². The van der Waals surface area contributed by atoms with Crippen LogP contribution in [0.15, 0.2) is 12.5 Å². The highest BCUT2D eigenvalue weighted by Gasteiger charge is 2.21. The molecule has 0 spiro atoms. The normalized spacial score (nSPS) is 12.1. The van der Waals surface area contributed by atoms with Gasteiger partial charge in [0.05, 0.1) is 6.33 Å². The average Bonchev–Trinajstić information content (AvgIpc) is 2.83. The standard InChI is InChI=1S/C11H18N4O3S/c1-19-5-2-8(11(17)18)14-10(16)9-6-15(4-3-12)7-13-9/h6-8H,2-5,12H2,1H3,(H,14,16)(H,17,18)/t8-/m0/s1. The van der Waals surface area contributed by atoms with Crippen LogP contribution in [-0.2, 0) is 11.3 Å². The fourth-order valence-corrected chi connectivity index (χ4v) is 1.95. The predicted octanol–water partition coefficient (Wildman–Crippen LogP) is -0.222. The summed E-state index contributed by atoms with van der Waals surface area (Å²) in [4.78, 5) is 26.8. The molecular formula is C11H18N4O3S. The van der Waals surface area contributed by atoms with E-state index in [1.807, 2.05) is 6.26 Å². The maximum Gasteiger partial charge on any atom is 0.326 e. The van der Waals surface area contributed by atoms with Crippen molar-refractivity contribution in [3.8, 4) is 0 Å². The predicted molar refractivity (Wildman–Crippen MR) is 73.2 cm³/mol. The van der Waals surface area contributed by atoms with Gasteiger partial charge in [-0.1, -0.05) is 0 Å². The number of amides is 1. The zero-order valence-corrected chi connectivity index (χ0v) is 11.5. The number of carboxylic acids is 1. The number of carboxylic acid groups (broad SMARTS) is 1. The Morgan fingerprint density at radius 2 is 2.37 bits per heavy atom. The molecule has 0 radical (unpaired) electrons. The van der Waals surface area contributed by atoms with E-state index in [-0.39, 0.29) is 5.69 Å². The summed E-state index contributed by atoms with van der Waals surface area (Å²) in [5, 5.41) is 11.5. The van der Waals surface area contributed by atoms with Gasteiger partial charge in [-0.15, -0.1) is 0 Å². The Kier molecular flexibility index (Phi) is 6.37. The summed E-state index contributed by atoms with van der Waals surface area (Å²) in [6.45, 7) is 1.01. The number of nitrogens with one attached hydrogen (secondary N) is 1. The van der Waals surface area contributed by atoms with Crippen LogP contribution in [0.25, 0.3) is 0 Å². The highest BCUT2D eigenvalue weighted by molar-refractivity contribution is 7.98. The van der Waals surface area contributed by atoms with Gasteiger partial charge in [-0.25, -0.2) is 9.78 Å². The second kappa shape index (κ2) is 7.80. The largest absolute Gasteiger partial charge is 0.480 e. The summed E-state index contributed by atoms with van der Waals surface area (Å²) in [6, 6.07) is -0.889. The van der Waals surface area contributed by atoms with E-state index < -0.39 is 17.9 Å². The average molecular weight is 286 g/mol. The molecule has 0 saturated carbocycles. The minimum Gasteiger partial charge on any atom is -0.480 e. The Balaban J connectivity index is 2.62. The maximum atomic E-state index is 11.9. The van der Waals surface area contributed by atoms with E-state index in [4.69, 9.17) is 10.8 Å². The molecule has 0 fully saturated rings. The van der Waals surface area contributed by atoms with Crippen molar-refractivity contribution in [1.29, 1.82) is 0 Å². The van der Waals surface area contributed by atoms with Gasteiger partial charge >= 0.3 is 5.97 Å². The number of rotatable bonds is 8. The number of hydrogen-bond acceptors (Lipinski definition) is 5. The smallest absolute Gasteiger partial charge is 0.326 e. The fraction of sp³-hybridized carbons (Fsp3) is 0.545. The number of imidazole rings is 1. The SMILES string of the molecule is CSCC[C@H](NC(=O)c1cn(CCN)cn1)C(=O)O. The Morgan fingerprint density at radius 1 is 1.63 bits per heavy atom. The van der Waals surface area contributed by atoms with E-state index in [0.717, 1.165) is 0 Å². The van der Waals surface area contributed by atoms with Crippen LogP contribution < -0.4 is 11.1 Å². The monoisotopic (exact) mass is 286 g/mol. The van der Waals surface area contributed by atoms with E-state index in [1.54, 1.807) is 10.8 Å². The Morgan fingerprint density at radius 3 is 2.95 bits per heavy atom. The highest BCUT2D eigenvalue weighted by Crippen LogP contribution is 2.03. The van der Waals surface area contributed by atoms with E-state index in [9.17, 15) is 9.59 Å². The van der Waals surface area contributed by atoms with Crippen molar-refractivity contribution >= 4 is 23.6 Å². The summed E-state index contributed by atoms with van der Waals surface area (Å²) >= 11 is 1.53. The van der Waals surface area contributed by atoms with Gasteiger partial charge in [-0.2, -0.15) is 11.8 Å². The molecule has 7 nitrogen and oxygen atoms in total. The lowest BCUT2D eigenvalue weighted by atomic mass is 10.2. The molecule has 19 heavy (non-hydrogen) atoms. The molecule has 0 saturated heterocycles. The third-order valence-corrected chi connectivity index (χ3v) is 3.11. The van der Waals surface area contributed by atoms with Gasteiger partial charge in [0.25, 0.3) is 5.91 Å². The van der Waals surface area contributed by atoms with E-state index in [2.05, 4.69) is 10.3 Å². The van der Waals surface area contributed by atoms with Crippen molar-refractivity contribution in [2.24, 2.45) is 5.73 Å². The minimum absolute atomic E-state index is 0.198. The van der Waals surface area contributed by atoms with E-state index in [1.165, 1.54) is 18.1 Å². The summed E-state index contributed by atoms with van der Waals surface area (Å²) < 4.78 is 1.69. The molecule has 106 valence electrons. The molecule has 1 aromatic rings. The second-order valence-corrected chi connectivity index (χ2v) is 4.92. The van der Waals surface area contributed by atoms with Crippen LogP contribution in [-0.4, -0.2) is 51.1 Å². The van der Waals surface area contributed by atoms with Gasteiger partial charge in [0.2, 0.25) is 0 Å². The van der Waals surface area contributed by atoms with Gasteiger partial charge in [0, 0.05) is 19.3 Å². The van der Waals surface area contributed by atoms with Gasteiger partial charge < -0.3 is 20.7 Å². The number of aliphatic carboxylic acids is 1. The second-order valence-electron chi connectivity index (χ2n) is 3.93. The molecule has 0 aliphatic carbocycles. The molecule has 0 bridgehead atoms. The number of nitrogens with zero attached hydrogens (tertiary/aromatic N) is 2. The lowest BCUT2D eigenvalue weighted by Gasteiger charge is -2.12. The van der Waals surface area contributed by atoms with Gasteiger partial charge in [0.1, 0.15) is 11.7 Å². The molecule has 1 heterocycles. The number of aromatic nitrogens is 2.